The van der Waals surface area contributed by atoms with Gasteiger partial charge in [0.1, 0.15) is 11.7 Å². The van der Waals surface area contributed by atoms with Crippen LogP contribution in [0.2, 0.25) is 0 Å². The average Bonchev–Trinajstić information content (AvgIpc) is 2.36. The zero-order valence-electron chi connectivity index (χ0n) is 10.6. The van der Waals surface area contributed by atoms with Crippen LogP contribution in [0.3, 0.4) is 0 Å². The van der Waals surface area contributed by atoms with Crippen LogP contribution in [0.1, 0.15) is 25.5 Å². The lowest BCUT2D eigenvalue weighted by molar-refractivity contribution is -0.150. The number of nitrogens with zero attached hydrogens (tertiary/aromatic N) is 1. The summed E-state index contributed by atoms with van der Waals surface area (Å²) in [6.07, 6.45) is 0. The fourth-order valence-corrected chi connectivity index (χ4v) is 1.57. The molecule has 0 aliphatic rings. The van der Waals surface area contributed by atoms with E-state index < -0.39 is 17.8 Å². The number of halogens is 1. The fourth-order valence-electron chi connectivity index (χ4n) is 1.57. The van der Waals surface area contributed by atoms with Gasteiger partial charge in [0.25, 0.3) is 0 Å². The van der Waals surface area contributed by atoms with Crippen molar-refractivity contribution in [1.29, 1.82) is 0 Å². The summed E-state index contributed by atoms with van der Waals surface area (Å²) in [5.74, 6) is -3.06. The average molecular weight is 253 g/mol. The number of carbonyl (C=O) groups excluding carboxylic acids is 1. The standard InChI is InChI=1S/C13H16FNO3/c1-8(13(17)18)12(16)15(3)9(2)10-4-6-11(14)7-5-10/h4-9H,1-3H3,(H,17,18). The molecule has 0 aliphatic heterocycles. The number of benzene rings is 1. The molecule has 18 heavy (non-hydrogen) atoms. The third-order valence-corrected chi connectivity index (χ3v) is 3.02. The molecule has 1 N–H and O–H groups in total. The van der Waals surface area contributed by atoms with Gasteiger partial charge in [-0.25, -0.2) is 4.39 Å². The summed E-state index contributed by atoms with van der Waals surface area (Å²) in [5.41, 5.74) is 0.754. The first-order valence-electron chi connectivity index (χ1n) is 5.59. The highest BCUT2D eigenvalue weighted by Crippen LogP contribution is 2.20. The highest BCUT2D eigenvalue weighted by Gasteiger charge is 2.27. The number of hydrogen-bond acceptors (Lipinski definition) is 2. The van der Waals surface area contributed by atoms with Gasteiger partial charge in [0.15, 0.2) is 0 Å². The molecule has 0 heterocycles. The second-order valence-corrected chi connectivity index (χ2v) is 4.24. The van der Waals surface area contributed by atoms with Gasteiger partial charge in [0.2, 0.25) is 5.91 Å². The van der Waals surface area contributed by atoms with Gasteiger partial charge in [-0.05, 0) is 31.5 Å². The Morgan fingerprint density at radius 3 is 2.17 bits per heavy atom. The van der Waals surface area contributed by atoms with Gasteiger partial charge in [-0.3, -0.25) is 9.59 Å². The van der Waals surface area contributed by atoms with Crippen LogP contribution in [0.5, 0.6) is 0 Å². The minimum Gasteiger partial charge on any atom is -0.481 e. The largest absolute Gasteiger partial charge is 0.481 e. The third kappa shape index (κ3) is 3.06. The van der Waals surface area contributed by atoms with Crippen molar-refractivity contribution in [3.8, 4) is 0 Å². The molecule has 0 saturated carbocycles. The smallest absolute Gasteiger partial charge is 0.315 e. The summed E-state index contributed by atoms with van der Waals surface area (Å²) in [5, 5.41) is 8.79. The summed E-state index contributed by atoms with van der Waals surface area (Å²) < 4.78 is 12.8. The summed E-state index contributed by atoms with van der Waals surface area (Å²) in [6, 6.07) is 5.47. The van der Waals surface area contributed by atoms with Gasteiger partial charge in [-0.2, -0.15) is 0 Å². The molecule has 0 radical (unpaired) electrons. The monoisotopic (exact) mass is 253 g/mol. The van der Waals surface area contributed by atoms with Gasteiger partial charge in [-0.1, -0.05) is 12.1 Å². The number of carboxylic acids is 1. The van der Waals surface area contributed by atoms with Crippen LogP contribution < -0.4 is 0 Å². The number of rotatable bonds is 4. The van der Waals surface area contributed by atoms with Crippen molar-refractivity contribution in [1.82, 2.24) is 4.90 Å². The van der Waals surface area contributed by atoms with E-state index in [4.69, 9.17) is 5.11 Å². The minimum atomic E-state index is -1.15. The highest BCUT2D eigenvalue weighted by molar-refractivity contribution is 5.96. The lowest BCUT2D eigenvalue weighted by Crippen LogP contribution is -2.37. The molecule has 5 heteroatoms. The molecule has 0 bridgehead atoms. The first-order valence-corrected chi connectivity index (χ1v) is 5.59. The van der Waals surface area contributed by atoms with Gasteiger partial charge in [-0.15, -0.1) is 0 Å². The molecule has 1 aromatic rings. The summed E-state index contributed by atoms with van der Waals surface area (Å²) in [4.78, 5) is 23.9. The van der Waals surface area contributed by atoms with Crippen molar-refractivity contribution in [2.75, 3.05) is 7.05 Å². The molecule has 1 rings (SSSR count). The molecule has 4 nitrogen and oxygen atoms in total. The molecule has 0 fully saturated rings. The molecule has 0 spiro atoms. The minimum absolute atomic E-state index is 0.306. The Kier molecular flexibility index (Phi) is 4.42. The summed E-state index contributed by atoms with van der Waals surface area (Å²) in [7, 11) is 1.54. The number of aliphatic carboxylic acids is 1. The predicted octanol–water partition coefficient (Wildman–Crippen LogP) is 2.07. The predicted molar refractivity (Wildman–Crippen MR) is 64.4 cm³/mol. The van der Waals surface area contributed by atoms with E-state index in [9.17, 15) is 14.0 Å². The topological polar surface area (TPSA) is 57.6 Å². The third-order valence-electron chi connectivity index (χ3n) is 3.02. The van der Waals surface area contributed by atoms with Crippen molar-refractivity contribution >= 4 is 11.9 Å². The zero-order valence-corrected chi connectivity index (χ0v) is 10.6. The van der Waals surface area contributed by atoms with Crippen molar-refractivity contribution in [3.63, 3.8) is 0 Å². The Hall–Kier alpha value is -1.91. The Labute approximate surface area is 105 Å². The van der Waals surface area contributed by atoms with Crippen molar-refractivity contribution in [2.24, 2.45) is 5.92 Å². The number of carboxylic acid groups (broad SMARTS) is 1. The molecule has 1 aromatic carbocycles. The normalized spacial score (nSPS) is 13.8. The van der Waals surface area contributed by atoms with E-state index in [0.29, 0.717) is 0 Å². The van der Waals surface area contributed by atoms with Gasteiger partial charge < -0.3 is 10.0 Å². The van der Waals surface area contributed by atoms with Crippen LogP contribution in [0.25, 0.3) is 0 Å². The maximum Gasteiger partial charge on any atom is 0.315 e. The molecule has 2 unspecified atom stereocenters. The molecule has 2 atom stereocenters. The quantitative estimate of drug-likeness (QED) is 0.836. The van der Waals surface area contributed by atoms with Gasteiger partial charge in [0.05, 0.1) is 6.04 Å². The lowest BCUT2D eigenvalue weighted by Gasteiger charge is -2.26. The van der Waals surface area contributed by atoms with E-state index in [1.165, 1.54) is 31.0 Å². The van der Waals surface area contributed by atoms with E-state index in [0.717, 1.165) is 5.56 Å². The van der Waals surface area contributed by atoms with Crippen LogP contribution in [0, 0.1) is 11.7 Å². The molecular weight excluding hydrogens is 237 g/mol. The van der Waals surface area contributed by atoms with E-state index in [1.54, 1.807) is 19.1 Å². The molecule has 0 aliphatic carbocycles. The Morgan fingerprint density at radius 2 is 1.72 bits per heavy atom. The number of hydrogen-bond donors (Lipinski definition) is 1. The Morgan fingerprint density at radius 1 is 1.22 bits per heavy atom. The first kappa shape index (κ1) is 14.2. The lowest BCUT2D eigenvalue weighted by atomic mass is 10.0. The molecule has 1 amide bonds. The highest BCUT2D eigenvalue weighted by atomic mass is 19.1. The van der Waals surface area contributed by atoms with Crippen LogP contribution in [0.4, 0.5) is 4.39 Å². The molecule has 0 saturated heterocycles. The van der Waals surface area contributed by atoms with E-state index in [-0.39, 0.29) is 11.9 Å². The van der Waals surface area contributed by atoms with Crippen LogP contribution in [-0.4, -0.2) is 28.9 Å². The Bertz CT molecular complexity index is 444. The van der Waals surface area contributed by atoms with Crippen LogP contribution in [0.15, 0.2) is 24.3 Å². The number of amides is 1. The second-order valence-electron chi connectivity index (χ2n) is 4.24. The fraction of sp³-hybridized carbons (Fsp3) is 0.385. The zero-order chi connectivity index (χ0) is 13.9. The van der Waals surface area contributed by atoms with E-state index in [2.05, 4.69) is 0 Å². The maximum atomic E-state index is 12.8. The summed E-state index contributed by atoms with van der Waals surface area (Å²) in [6.45, 7) is 3.11. The van der Waals surface area contributed by atoms with Crippen LogP contribution >= 0.6 is 0 Å². The van der Waals surface area contributed by atoms with Crippen molar-refractivity contribution in [3.05, 3.63) is 35.6 Å². The Balaban J connectivity index is 2.83. The van der Waals surface area contributed by atoms with Gasteiger partial charge >= 0.3 is 5.97 Å². The van der Waals surface area contributed by atoms with E-state index in [1.807, 2.05) is 0 Å². The maximum absolute atomic E-state index is 12.8. The van der Waals surface area contributed by atoms with Gasteiger partial charge in [0, 0.05) is 7.05 Å². The molecule has 98 valence electrons. The molecule has 0 aromatic heterocycles. The van der Waals surface area contributed by atoms with Crippen molar-refractivity contribution in [2.45, 2.75) is 19.9 Å². The van der Waals surface area contributed by atoms with Crippen molar-refractivity contribution < 1.29 is 19.1 Å². The molecular formula is C13H16FNO3. The van der Waals surface area contributed by atoms with E-state index >= 15 is 0 Å². The van der Waals surface area contributed by atoms with Crippen LogP contribution in [-0.2, 0) is 9.59 Å². The number of carbonyl (C=O) groups is 2. The summed E-state index contributed by atoms with van der Waals surface area (Å²) >= 11 is 0. The second kappa shape index (κ2) is 5.62. The first-order chi connectivity index (χ1) is 8.34. The SMILES string of the molecule is CC(C(=O)O)C(=O)N(C)C(C)c1ccc(F)cc1.